The molecule has 0 radical (unpaired) electrons. The summed E-state index contributed by atoms with van der Waals surface area (Å²) < 4.78 is 12.9. The Labute approximate surface area is 184 Å². The van der Waals surface area contributed by atoms with Crippen molar-refractivity contribution in [1.29, 1.82) is 0 Å². The second-order valence-corrected chi connectivity index (χ2v) is 8.28. The Kier molecular flexibility index (Phi) is 5.69. The van der Waals surface area contributed by atoms with Crippen molar-refractivity contribution in [2.45, 2.75) is 6.54 Å². The molecule has 30 heavy (non-hydrogen) atoms. The van der Waals surface area contributed by atoms with E-state index < -0.39 is 0 Å². The highest BCUT2D eigenvalue weighted by Gasteiger charge is 2.17. The van der Waals surface area contributed by atoms with Gasteiger partial charge in [-0.3, -0.25) is 14.2 Å². The first-order chi connectivity index (χ1) is 14.5. The Balaban J connectivity index is 1.75. The van der Waals surface area contributed by atoms with Gasteiger partial charge in [-0.25, -0.2) is 4.98 Å². The molecule has 0 unspecified atom stereocenters. The maximum absolute atomic E-state index is 13.2. The van der Waals surface area contributed by atoms with Gasteiger partial charge in [0.2, 0.25) is 0 Å². The van der Waals surface area contributed by atoms with E-state index in [1.54, 1.807) is 44.6 Å². The number of carbonyl (C=O) groups excluding carboxylic acids is 1. The lowest BCUT2D eigenvalue weighted by Gasteiger charge is -2.09. The summed E-state index contributed by atoms with van der Waals surface area (Å²) in [6, 6.07) is 12.5. The molecule has 4 rings (SSSR count). The summed E-state index contributed by atoms with van der Waals surface area (Å²) in [5, 5.41) is 2.37. The second kappa shape index (κ2) is 8.41. The Morgan fingerprint density at radius 1 is 1.10 bits per heavy atom. The third kappa shape index (κ3) is 3.76. The lowest BCUT2D eigenvalue weighted by molar-refractivity contribution is 0.0970. The number of rotatable bonds is 6. The van der Waals surface area contributed by atoms with Gasteiger partial charge in [-0.15, -0.1) is 11.3 Å². The van der Waals surface area contributed by atoms with Gasteiger partial charge < -0.3 is 9.47 Å². The van der Waals surface area contributed by atoms with Crippen LogP contribution in [0.1, 0.15) is 10.4 Å². The van der Waals surface area contributed by atoms with E-state index in [4.69, 9.17) is 9.47 Å². The molecule has 0 atom stereocenters. The molecule has 0 saturated heterocycles. The molecule has 0 fully saturated rings. The van der Waals surface area contributed by atoms with Crippen molar-refractivity contribution in [3.05, 3.63) is 74.6 Å². The molecule has 0 aliphatic heterocycles. The number of ketones is 1. The summed E-state index contributed by atoms with van der Waals surface area (Å²) in [5.41, 5.74) is 1.85. The Morgan fingerprint density at radius 3 is 2.53 bits per heavy atom. The van der Waals surface area contributed by atoms with Crippen molar-refractivity contribution in [2.75, 3.05) is 14.2 Å². The zero-order valence-electron chi connectivity index (χ0n) is 16.2. The zero-order valence-corrected chi connectivity index (χ0v) is 18.6. The van der Waals surface area contributed by atoms with E-state index in [0.717, 1.165) is 15.6 Å². The molecule has 4 aromatic rings. The molecule has 0 bridgehead atoms. The molecule has 0 saturated carbocycles. The van der Waals surface area contributed by atoms with Crippen LogP contribution < -0.4 is 15.0 Å². The summed E-state index contributed by atoms with van der Waals surface area (Å²) in [7, 11) is 3.14. The highest BCUT2D eigenvalue weighted by Crippen LogP contribution is 2.36. The summed E-state index contributed by atoms with van der Waals surface area (Å²) >= 11 is 4.74. The smallest absolute Gasteiger partial charge is 0.263 e. The number of thiophene rings is 1. The van der Waals surface area contributed by atoms with Crippen LogP contribution in [-0.4, -0.2) is 29.6 Å². The lowest BCUT2D eigenvalue weighted by atomic mass is 10.1. The summed E-state index contributed by atoms with van der Waals surface area (Å²) in [4.78, 5) is 30.8. The molecule has 152 valence electrons. The van der Waals surface area contributed by atoms with E-state index in [1.165, 1.54) is 22.2 Å². The van der Waals surface area contributed by atoms with Gasteiger partial charge in [-0.05, 0) is 29.8 Å². The molecule has 2 heterocycles. The maximum Gasteiger partial charge on any atom is 0.263 e. The zero-order chi connectivity index (χ0) is 21.3. The van der Waals surface area contributed by atoms with Gasteiger partial charge in [0.1, 0.15) is 4.83 Å². The summed E-state index contributed by atoms with van der Waals surface area (Å²) in [5.74, 6) is 1.02. The molecule has 0 N–H and O–H groups in total. The molecule has 0 aliphatic carbocycles. The molecular formula is C22H17BrN2O4S. The summed E-state index contributed by atoms with van der Waals surface area (Å²) in [6.45, 7) is -0.0787. The number of aromatic nitrogens is 2. The second-order valence-electron chi connectivity index (χ2n) is 6.51. The van der Waals surface area contributed by atoms with Crippen LogP contribution in [0.15, 0.2) is 63.4 Å². The first-order valence-corrected chi connectivity index (χ1v) is 10.7. The Bertz CT molecular complexity index is 1290. The van der Waals surface area contributed by atoms with Crippen LogP contribution in [0.25, 0.3) is 21.3 Å². The molecule has 2 aromatic heterocycles. The predicted molar refractivity (Wildman–Crippen MR) is 121 cm³/mol. The largest absolute Gasteiger partial charge is 0.493 e. The molecule has 6 nitrogen and oxygen atoms in total. The van der Waals surface area contributed by atoms with Gasteiger partial charge in [-0.1, -0.05) is 34.1 Å². The number of halogens is 1. The standard InChI is InChI=1S/C22H17BrN2O4S/c1-28-18-8-5-14(9-19(18)29-2)16-11-30-21-20(16)22(27)25(12-24-21)10-17(26)13-3-6-15(23)7-4-13/h3-9,11-12H,10H2,1-2H3. The minimum absolute atomic E-state index is 0.0787. The van der Waals surface area contributed by atoms with Crippen LogP contribution in [0.3, 0.4) is 0 Å². The van der Waals surface area contributed by atoms with Crippen molar-refractivity contribution in [2.24, 2.45) is 0 Å². The van der Waals surface area contributed by atoms with Crippen molar-refractivity contribution in [1.82, 2.24) is 9.55 Å². The molecule has 8 heteroatoms. The third-order valence-corrected chi connectivity index (χ3v) is 6.15. The Morgan fingerprint density at radius 2 is 1.83 bits per heavy atom. The fraction of sp³-hybridized carbons (Fsp3) is 0.136. The van der Waals surface area contributed by atoms with Crippen LogP contribution in [0.2, 0.25) is 0 Å². The average Bonchev–Trinajstić information content (AvgIpc) is 3.20. The first-order valence-electron chi connectivity index (χ1n) is 8.99. The minimum Gasteiger partial charge on any atom is -0.493 e. The van der Waals surface area contributed by atoms with Gasteiger partial charge in [0.05, 0.1) is 32.5 Å². The topological polar surface area (TPSA) is 70.4 Å². The highest BCUT2D eigenvalue weighted by molar-refractivity contribution is 9.10. The van der Waals surface area contributed by atoms with Crippen molar-refractivity contribution in [3.8, 4) is 22.6 Å². The monoisotopic (exact) mass is 484 g/mol. The van der Waals surface area contributed by atoms with Crippen LogP contribution in [0, 0.1) is 0 Å². The number of hydrogen-bond donors (Lipinski definition) is 0. The van der Waals surface area contributed by atoms with E-state index in [0.29, 0.717) is 27.3 Å². The van der Waals surface area contributed by atoms with Gasteiger partial charge in [-0.2, -0.15) is 0 Å². The molecule has 0 spiro atoms. The van der Waals surface area contributed by atoms with E-state index in [-0.39, 0.29) is 17.9 Å². The van der Waals surface area contributed by atoms with Gasteiger partial charge in [0.15, 0.2) is 17.3 Å². The van der Waals surface area contributed by atoms with Gasteiger partial charge >= 0.3 is 0 Å². The van der Waals surface area contributed by atoms with E-state index in [2.05, 4.69) is 20.9 Å². The first kappa shape index (κ1) is 20.3. The molecule has 0 aliphatic rings. The highest BCUT2D eigenvalue weighted by atomic mass is 79.9. The minimum atomic E-state index is -0.253. The molecular weight excluding hydrogens is 468 g/mol. The van der Waals surface area contributed by atoms with Crippen LogP contribution in [0.5, 0.6) is 11.5 Å². The Hall–Kier alpha value is -2.97. The van der Waals surface area contributed by atoms with Crippen molar-refractivity contribution >= 4 is 43.3 Å². The molecule has 2 aromatic carbocycles. The van der Waals surface area contributed by atoms with E-state index >= 15 is 0 Å². The van der Waals surface area contributed by atoms with Crippen molar-refractivity contribution in [3.63, 3.8) is 0 Å². The summed E-state index contributed by atoms with van der Waals surface area (Å²) in [6.07, 6.45) is 1.43. The van der Waals surface area contributed by atoms with E-state index in [1.807, 2.05) is 17.5 Å². The average molecular weight is 485 g/mol. The van der Waals surface area contributed by atoms with Crippen LogP contribution in [0.4, 0.5) is 0 Å². The van der Waals surface area contributed by atoms with Crippen molar-refractivity contribution < 1.29 is 14.3 Å². The number of methoxy groups -OCH3 is 2. The number of nitrogens with zero attached hydrogens (tertiary/aromatic N) is 2. The SMILES string of the molecule is COc1ccc(-c2csc3ncn(CC(=O)c4ccc(Br)cc4)c(=O)c23)cc1OC. The predicted octanol–water partition coefficient (Wildman–Crippen LogP) is 4.79. The number of carbonyl (C=O) groups is 1. The fourth-order valence-corrected chi connectivity index (χ4v) is 4.35. The fourth-order valence-electron chi connectivity index (χ4n) is 3.18. The van der Waals surface area contributed by atoms with E-state index in [9.17, 15) is 9.59 Å². The third-order valence-electron chi connectivity index (χ3n) is 4.74. The van der Waals surface area contributed by atoms with Gasteiger partial charge in [0, 0.05) is 21.0 Å². The number of Topliss-reactive ketones (excluding diaryl/α,β-unsaturated/α-hetero) is 1. The lowest BCUT2D eigenvalue weighted by Crippen LogP contribution is -2.24. The number of hydrogen-bond acceptors (Lipinski definition) is 6. The quantitative estimate of drug-likeness (QED) is 0.368. The van der Waals surface area contributed by atoms with Gasteiger partial charge in [0.25, 0.3) is 5.56 Å². The van der Waals surface area contributed by atoms with Crippen LogP contribution in [-0.2, 0) is 6.54 Å². The number of benzene rings is 2. The normalized spacial score (nSPS) is 10.9. The number of fused-ring (bicyclic) bond motifs is 1. The number of ether oxygens (including phenoxy) is 2. The maximum atomic E-state index is 13.2. The molecule has 0 amide bonds. The van der Waals surface area contributed by atoms with Crippen LogP contribution >= 0.6 is 27.3 Å².